The van der Waals surface area contributed by atoms with Gasteiger partial charge in [0.25, 0.3) is 5.91 Å². The van der Waals surface area contributed by atoms with E-state index in [0.717, 1.165) is 17.0 Å². The number of amides is 1. The molecule has 0 radical (unpaired) electrons. The summed E-state index contributed by atoms with van der Waals surface area (Å²) in [5, 5.41) is 18.7. The van der Waals surface area contributed by atoms with E-state index < -0.39 is 5.97 Å². The van der Waals surface area contributed by atoms with Crippen LogP contribution in [0, 0.1) is 25.2 Å². The molecule has 0 bridgehead atoms. The molecule has 0 atom stereocenters. The maximum Gasteiger partial charge on any atom is 0.337 e. The average molecular weight is 400 g/mol. The van der Waals surface area contributed by atoms with E-state index in [1.165, 1.54) is 6.07 Å². The molecule has 1 amide bonds. The second kappa shape index (κ2) is 8.77. The Kier molecular flexibility index (Phi) is 6.66. The van der Waals surface area contributed by atoms with Crippen LogP contribution in [0.5, 0.6) is 0 Å². The van der Waals surface area contributed by atoms with E-state index in [2.05, 4.69) is 0 Å². The number of aromatic nitrogens is 1. The smallest absolute Gasteiger partial charge is 0.337 e. The number of hydrogen-bond acceptors (Lipinski definition) is 3. The monoisotopic (exact) mass is 399 g/mol. The summed E-state index contributed by atoms with van der Waals surface area (Å²) in [5.74, 6) is -1.39. The lowest BCUT2D eigenvalue weighted by Crippen LogP contribution is -2.31. The third kappa shape index (κ3) is 4.10. The summed E-state index contributed by atoms with van der Waals surface area (Å²) in [6.07, 6.45) is 1.59. The van der Waals surface area contributed by atoms with Crippen LogP contribution in [0.4, 0.5) is 0 Å². The maximum absolute atomic E-state index is 12.5. The van der Waals surface area contributed by atoms with Gasteiger partial charge in [0.15, 0.2) is 0 Å². The molecule has 0 aliphatic rings. The first-order valence-electron chi connectivity index (χ1n) is 8.88. The largest absolute Gasteiger partial charge is 0.478 e. The number of carbonyl (C=O) groups excluding carboxylic acids is 1. The molecule has 0 spiro atoms. The number of carboxylic acids is 1. The van der Waals surface area contributed by atoms with Crippen molar-refractivity contribution in [2.24, 2.45) is 0 Å². The van der Waals surface area contributed by atoms with E-state index in [-0.39, 0.29) is 22.1 Å². The van der Waals surface area contributed by atoms with Crippen molar-refractivity contribution in [1.29, 1.82) is 5.26 Å². The molecule has 1 aromatic carbocycles. The molecule has 6 nitrogen and oxygen atoms in total. The van der Waals surface area contributed by atoms with Gasteiger partial charge in [-0.25, -0.2) is 4.79 Å². The minimum Gasteiger partial charge on any atom is -0.478 e. The molecule has 0 aliphatic heterocycles. The number of aryl methyl sites for hydroxylation is 1. The minimum atomic E-state index is -1.09. The number of halogens is 1. The Bertz CT molecular complexity index is 995. The number of nitriles is 1. The zero-order valence-corrected chi connectivity index (χ0v) is 17.0. The predicted octanol–water partition coefficient (Wildman–Crippen LogP) is 4.22. The first-order chi connectivity index (χ1) is 13.2. The van der Waals surface area contributed by atoms with Gasteiger partial charge in [0, 0.05) is 30.2 Å². The van der Waals surface area contributed by atoms with Crippen LogP contribution in [0.15, 0.2) is 29.8 Å². The van der Waals surface area contributed by atoms with E-state index >= 15 is 0 Å². The fraction of sp³-hybridized carbons (Fsp3) is 0.286. The van der Waals surface area contributed by atoms with Gasteiger partial charge in [-0.1, -0.05) is 11.6 Å². The Morgan fingerprint density at radius 3 is 2.39 bits per heavy atom. The van der Waals surface area contributed by atoms with Gasteiger partial charge in [-0.3, -0.25) is 4.79 Å². The third-order valence-corrected chi connectivity index (χ3v) is 4.93. The van der Waals surface area contributed by atoms with Crippen LogP contribution in [0.3, 0.4) is 0 Å². The Morgan fingerprint density at radius 2 is 1.89 bits per heavy atom. The highest BCUT2D eigenvalue weighted by Crippen LogP contribution is 2.26. The molecule has 2 rings (SSSR count). The number of rotatable bonds is 6. The van der Waals surface area contributed by atoms with Crippen LogP contribution in [-0.2, 0) is 4.79 Å². The number of aromatic carboxylic acids is 1. The minimum absolute atomic E-state index is 0.0320. The van der Waals surface area contributed by atoms with Crippen molar-refractivity contribution in [3.8, 4) is 11.8 Å². The SMILES string of the molecule is CCN(CC)C(=O)/C(C#N)=C\c1cc(C)n(-c2ccc(C(=O)O)c(Cl)c2)c1C. The quantitative estimate of drug-likeness (QED) is 0.582. The second-order valence-corrected chi connectivity index (χ2v) is 6.69. The van der Waals surface area contributed by atoms with Crippen molar-refractivity contribution in [3.63, 3.8) is 0 Å². The van der Waals surface area contributed by atoms with Crippen molar-refractivity contribution in [3.05, 3.63) is 57.4 Å². The number of nitrogens with zero attached hydrogens (tertiary/aromatic N) is 3. The van der Waals surface area contributed by atoms with E-state index in [0.29, 0.717) is 18.8 Å². The van der Waals surface area contributed by atoms with Crippen LogP contribution < -0.4 is 0 Å². The number of benzene rings is 1. The highest BCUT2D eigenvalue weighted by Gasteiger charge is 2.18. The molecule has 0 unspecified atom stereocenters. The molecular formula is C21H22ClN3O3. The zero-order valence-electron chi connectivity index (χ0n) is 16.3. The summed E-state index contributed by atoms with van der Waals surface area (Å²) in [6, 6.07) is 8.60. The maximum atomic E-state index is 12.5. The summed E-state index contributed by atoms with van der Waals surface area (Å²) >= 11 is 6.10. The molecule has 28 heavy (non-hydrogen) atoms. The number of carboxylic acid groups (broad SMARTS) is 1. The van der Waals surface area contributed by atoms with Crippen LogP contribution in [0.25, 0.3) is 11.8 Å². The van der Waals surface area contributed by atoms with Gasteiger partial charge in [-0.05, 0) is 63.6 Å². The Labute approximate surface area is 169 Å². The number of carbonyl (C=O) groups is 2. The normalized spacial score (nSPS) is 11.2. The van der Waals surface area contributed by atoms with E-state index in [1.54, 1.807) is 23.1 Å². The number of likely N-dealkylation sites (N-methyl/N-ethyl adjacent to an activating group) is 1. The average Bonchev–Trinajstić information content (AvgIpc) is 2.93. The first-order valence-corrected chi connectivity index (χ1v) is 9.26. The van der Waals surface area contributed by atoms with Gasteiger partial charge >= 0.3 is 5.97 Å². The summed E-state index contributed by atoms with van der Waals surface area (Å²) in [5.41, 5.74) is 3.24. The molecule has 146 valence electrons. The Hall–Kier alpha value is -3.04. The topological polar surface area (TPSA) is 86.3 Å². The van der Waals surface area contributed by atoms with Gasteiger partial charge in [0.05, 0.1) is 10.6 Å². The van der Waals surface area contributed by atoms with Gasteiger partial charge in [-0.2, -0.15) is 5.26 Å². The number of hydrogen-bond donors (Lipinski definition) is 1. The molecule has 1 heterocycles. The van der Waals surface area contributed by atoms with Crippen molar-refractivity contribution >= 4 is 29.6 Å². The molecule has 0 fully saturated rings. The van der Waals surface area contributed by atoms with Crippen LogP contribution >= 0.6 is 11.6 Å². The van der Waals surface area contributed by atoms with Gasteiger partial charge < -0.3 is 14.6 Å². The van der Waals surface area contributed by atoms with Crippen molar-refractivity contribution in [2.75, 3.05) is 13.1 Å². The third-order valence-electron chi connectivity index (χ3n) is 4.61. The fourth-order valence-electron chi connectivity index (χ4n) is 3.13. The summed E-state index contributed by atoms with van der Waals surface area (Å²) in [7, 11) is 0. The van der Waals surface area contributed by atoms with E-state index in [4.69, 9.17) is 16.7 Å². The molecule has 0 saturated heterocycles. The van der Waals surface area contributed by atoms with Gasteiger partial charge in [-0.15, -0.1) is 0 Å². The molecule has 0 saturated carbocycles. The molecule has 7 heteroatoms. The van der Waals surface area contributed by atoms with Crippen LogP contribution in [0.2, 0.25) is 5.02 Å². The second-order valence-electron chi connectivity index (χ2n) is 6.28. The van der Waals surface area contributed by atoms with Crippen molar-refractivity contribution in [1.82, 2.24) is 9.47 Å². The van der Waals surface area contributed by atoms with Crippen molar-refractivity contribution < 1.29 is 14.7 Å². The van der Waals surface area contributed by atoms with Crippen LogP contribution in [0.1, 0.15) is 41.2 Å². The highest BCUT2D eigenvalue weighted by molar-refractivity contribution is 6.33. The lowest BCUT2D eigenvalue weighted by atomic mass is 10.1. The van der Waals surface area contributed by atoms with Gasteiger partial charge in [0.2, 0.25) is 0 Å². The Balaban J connectivity index is 2.52. The van der Waals surface area contributed by atoms with Crippen molar-refractivity contribution in [2.45, 2.75) is 27.7 Å². The lowest BCUT2D eigenvalue weighted by Gasteiger charge is -2.17. The van der Waals surface area contributed by atoms with Gasteiger partial charge in [0.1, 0.15) is 11.6 Å². The fourth-order valence-corrected chi connectivity index (χ4v) is 3.38. The molecule has 0 aliphatic carbocycles. The first kappa shape index (κ1) is 21.3. The summed E-state index contributed by atoms with van der Waals surface area (Å²) in [4.78, 5) is 25.3. The molecular weight excluding hydrogens is 378 g/mol. The zero-order chi connectivity index (χ0) is 21.0. The molecule has 1 N–H and O–H groups in total. The summed E-state index contributed by atoms with van der Waals surface area (Å²) < 4.78 is 1.90. The standard InChI is InChI=1S/C21H22ClN3O3/c1-5-24(6-2)20(26)16(12-23)10-15-9-13(3)25(14(15)4)17-7-8-18(21(27)28)19(22)11-17/h7-11H,5-6H2,1-4H3,(H,27,28)/b16-10-. The van der Waals surface area contributed by atoms with E-state index in [9.17, 15) is 14.9 Å². The summed E-state index contributed by atoms with van der Waals surface area (Å²) in [6.45, 7) is 8.56. The van der Waals surface area contributed by atoms with Crippen LogP contribution in [-0.4, -0.2) is 39.5 Å². The molecule has 2 aromatic rings. The van der Waals surface area contributed by atoms with E-state index in [1.807, 2.05) is 44.4 Å². The molecule has 1 aromatic heterocycles. The lowest BCUT2D eigenvalue weighted by molar-refractivity contribution is -0.126. The highest BCUT2D eigenvalue weighted by atomic mass is 35.5. The predicted molar refractivity (Wildman–Crippen MR) is 109 cm³/mol. The Morgan fingerprint density at radius 1 is 1.25 bits per heavy atom.